The zero-order chi connectivity index (χ0) is 13.5. The van der Waals surface area contributed by atoms with E-state index < -0.39 is 0 Å². The molecule has 0 bridgehead atoms. The molecule has 0 aromatic heterocycles. The first kappa shape index (κ1) is 15.0. The predicted octanol–water partition coefficient (Wildman–Crippen LogP) is 3.23. The molecule has 1 aromatic rings. The minimum Gasteiger partial charge on any atom is -0.496 e. The second-order valence-corrected chi connectivity index (χ2v) is 5.93. The Balaban J connectivity index is 2.55. The normalized spacial score (nSPS) is 12.3. The maximum atomic E-state index is 12.0. The zero-order valence-electron chi connectivity index (χ0n) is 11.1. The summed E-state index contributed by atoms with van der Waals surface area (Å²) in [6.07, 6.45) is 1.03. The molecule has 0 aliphatic heterocycles. The molecule has 3 nitrogen and oxygen atoms in total. The third-order valence-electron chi connectivity index (χ3n) is 2.56. The monoisotopic (exact) mass is 313 g/mol. The molecule has 0 fully saturated rings. The van der Waals surface area contributed by atoms with E-state index in [1.54, 1.807) is 19.2 Å². The quantitative estimate of drug-likeness (QED) is 0.819. The van der Waals surface area contributed by atoms with Crippen LogP contribution in [-0.2, 0) is 0 Å². The molecule has 1 rings (SSSR count). The highest BCUT2D eigenvalue weighted by Gasteiger charge is 2.13. The van der Waals surface area contributed by atoms with Gasteiger partial charge in [-0.05, 0) is 24.5 Å². The number of carbonyl (C=O) groups excluding carboxylic acids is 1. The second-order valence-electron chi connectivity index (χ2n) is 4.64. The van der Waals surface area contributed by atoms with Crippen molar-refractivity contribution in [3.05, 3.63) is 29.8 Å². The van der Waals surface area contributed by atoms with Crippen LogP contribution in [0.1, 0.15) is 30.6 Å². The van der Waals surface area contributed by atoms with Crippen LogP contribution >= 0.6 is 15.9 Å². The van der Waals surface area contributed by atoms with E-state index in [2.05, 4.69) is 35.1 Å². The van der Waals surface area contributed by atoms with Crippen molar-refractivity contribution in [3.8, 4) is 5.75 Å². The van der Waals surface area contributed by atoms with Gasteiger partial charge in [0, 0.05) is 11.4 Å². The van der Waals surface area contributed by atoms with E-state index >= 15 is 0 Å². The Morgan fingerprint density at radius 3 is 2.67 bits per heavy atom. The maximum Gasteiger partial charge on any atom is 0.255 e. The number of nitrogens with one attached hydrogen (secondary N) is 1. The van der Waals surface area contributed by atoms with Crippen LogP contribution in [0.25, 0.3) is 0 Å². The van der Waals surface area contributed by atoms with Gasteiger partial charge in [0.05, 0.1) is 12.7 Å². The van der Waals surface area contributed by atoms with Crippen LogP contribution in [0.4, 0.5) is 0 Å². The molecule has 0 aliphatic carbocycles. The molecule has 0 heterocycles. The van der Waals surface area contributed by atoms with E-state index in [4.69, 9.17) is 4.74 Å². The van der Waals surface area contributed by atoms with Crippen molar-refractivity contribution in [1.82, 2.24) is 5.32 Å². The number of ether oxygens (including phenoxy) is 1. The van der Waals surface area contributed by atoms with Crippen molar-refractivity contribution in [2.75, 3.05) is 13.7 Å². The van der Waals surface area contributed by atoms with Crippen LogP contribution in [0.2, 0.25) is 0 Å². The summed E-state index contributed by atoms with van der Waals surface area (Å²) < 4.78 is 5.17. The molecule has 1 amide bonds. The maximum absolute atomic E-state index is 12.0. The summed E-state index contributed by atoms with van der Waals surface area (Å²) in [5.74, 6) is 1.11. The first-order valence-corrected chi connectivity index (χ1v) is 7.01. The fourth-order valence-electron chi connectivity index (χ4n) is 1.73. The molecular formula is C14H20BrNO2. The molecular weight excluding hydrogens is 294 g/mol. The number of carbonyl (C=O) groups is 1. The zero-order valence-corrected chi connectivity index (χ0v) is 12.7. The lowest BCUT2D eigenvalue weighted by Crippen LogP contribution is -2.30. The summed E-state index contributed by atoms with van der Waals surface area (Å²) in [5.41, 5.74) is 0.573. The Hall–Kier alpha value is -1.03. The second kappa shape index (κ2) is 7.41. The van der Waals surface area contributed by atoms with Gasteiger partial charge in [0.25, 0.3) is 5.91 Å². The van der Waals surface area contributed by atoms with Gasteiger partial charge in [-0.3, -0.25) is 4.79 Å². The number of benzene rings is 1. The number of hydrogen-bond donors (Lipinski definition) is 1. The van der Waals surface area contributed by atoms with Gasteiger partial charge in [-0.25, -0.2) is 0 Å². The number of rotatable bonds is 6. The first-order valence-electron chi connectivity index (χ1n) is 6.10. The van der Waals surface area contributed by atoms with Crippen LogP contribution in [0.5, 0.6) is 5.75 Å². The van der Waals surface area contributed by atoms with Crippen LogP contribution in [-0.4, -0.2) is 24.4 Å². The third-order valence-corrected chi connectivity index (χ3v) is 3.26. The SMILES string of the molecule is COc1ccccc1C(=O)NCC(Br)CC(C)C. The van der Waals surface area contributed by atoms with Crippen molar-refractivity contribution in [2.24, 2.45) is 5.92 Å². The van der Waals surface area contributed by atoms with Gasteiger partial charge in [0.2, 0.25) is 0 Å². The molecule has 18 heavy (non-hydrogen) atoms. The van der Waals surface area contributed by atoms with Gasteiger partial charge in [0.1, 0.15) is 5.75 Å². The number of hydrogen-bond acceptors (Lipinski definition) is 2. The van der Waals surface area contributed by atoms with Crippen molar-refractivity contribution >= 4 is 21.8 Å². The highest BCUT2D eigenvalue weighted by Crippen LogP contribution is 2.17. The predicted molar refractivity (Wildman–Crippen MR) is 77.5 cm³/mol. The molecule has 0 saturated heterocycles. The Bertz CT molecular complexity index is 393. The highest BCUT2D eigenvalue weighted by molar-refractivity contribution is 9.09. The van der Waals surface area contributed by atoms with E-state index in [0.717, 1.165) is 6.42 Å². The topological polar surface area (TPSA) is 38.3 Å². The fourth-order valence-corrected chi connectivity index (χ4v) is 2.64. The molecule has 4 heteroatoms. The summed E-state index contributed by atoms with van der Waals surface area (Å²) in [6, 6.07) is 7.23. The van der Waals surface area contributed by atoms with Crippen LogP contribution in [0.3, 0.4) is 0 Å². The van der Waals surface area contributed by atoms with Gasteiger partial charge in [-0.15, -0.1) is 0 Å². The molecule has 0 saturated carbocycles. The van der Waals surface area contributed by atoms with Gasteiger partial charge in [0.15, 0.2) is 0 Å². The van der Waals surface area contributed by atoms with E-state index in [1.165, 1.54) is 0 Å². The average molecular weight is 314 g/mol. The van der Waals surface area contributed by atoms with Gasteiger partial charge in [-0.1, -0.05) is 41.9 Å². The highest BCUT2D eigenvalue weighted by atomic mass is 79.9. The number of amides is 1. The Kier molecular flexibility index (Phi) is 6.19. The molecule has 0 aliphatic rings. The van der Waals surface area contributed by atoms with Crippen molar-refractivity contribution in [1.29, 1.82) is 0 Å². The minimum absolute atomic E-state index is 0.0966. The number of para-hydroxylation sites is 1. The summed E-state index contributed by atoms with van der Waals surface area (Å²) in [6.45, 7) is 4.95. The molecule has 1 atom stereocenters. The van der Waals surface area contributed by atoms with Gasteiger partial charge in [-0.2, -0.15) is 0 Å². The number of methoxy groups -OCH3 is 1. The smallest absolute Gasteiger partial charge is 0.255 e. The van der Waals surface area contributed by atoms with Crippen molar-refractivity contribution in [3.63, 3.8) is 0 Å². The van der Waals surface area contributed by atoms with E-state index in [1.807, 2.05) is 12.1 Å². The Labute approximate surface area is 117 Å². The lowest BCUT2D eigenvalue weighted by Gasteiger charge is -2.14. The van der Waals surface area contributed by atoms with Crippen LogP contribution in [0, 0.1) is 5.92 Å². The first-order chi connectivity index (χ1) is 8.54. The standard InChI is InChI=1S/C14H20BrNO2/c1-10(2)8-11(15)9-16-14(17)12-6-4-5-7-13(12)18-3/h4-7,10-11H,8-9H2,1-3H3,(H,16,17). The molecule has 0 spiro atoms. The van der Waals surface area contributed by atoms with E-state index in [-0.39, 0.29) is 5.91 Å². The largest absolute Gasteiger partial charge is 0.496 e. The van der Waals surface area contributed by atoms with Gasteiger partial charge < -0.3 is 10.1 Å². The number of alkyl halides is 1. The van der Waals surface area contributed by atoms with E-state index in [9.17, 15) is 4.79 Å². The lowest BCUT2D eigenvalue weighted by atomic mass is 10.1. The molecule has 0 radical (unpaired) electrons. The lowest BCUT2D eigenvalue weighted by molar-refractivity contribution is 0.0950. The van der Waals surface area contributed by atoms with Crippen molar-refractivity contribution < 1.29 is 9.53 Å². The Morgan fingerprint density at radius 2 is 2.06 bits per heavy atom. The molecule has 1 aromatic carbocycles. The summed E-state index contributed by atoms with van der Waals surface area (Å²) in [7, 11) is 1.57. The fraction of sp³-hybridized carbons (Fsp3) is 0.500. The molecule has 1 unspecified atom stereocenters. The minimum atomic E-state index is -0.0966. The molecule has 100 valence electrons. The van der Waals surface area contributed by atoms with Crippen molar-refractivity contribution in [2.45, 2.75) is 25.1 Å². The molecule has 1 N–H and O–H groups in total. The summed E-state index contributed by atoms with van der Waals surface area (Å²) >= 11 is 3.57. The average Bonchev–Trinajstić information content (AvgIpc) is 2.35. The van der Waals surface area contributed by atoms with E-state index in [0.29, 0.717) is 28.6 Å². The summed E-state index contributed by atoms with van der Waals surface area (Å²) in [5, 5.41) is 2.91. The number of halogens is 1. The Morgan fingerprint density at radius 1 is 1.39 bits per heavy atom. The third kappa shape index (κ3) is 4.69. The summed E-state index contributed by atoms with van der Waals surface area (Å²) in [4.78, 5) is 12.3. The van der Waals surface area contributed by atoms with Crippen LogP contribution in [0.15, 0.2) is 24.3 Å². The van der Waals surface area contributed by atoms with Gasteiger partial charge >= 0.3 is 0 Å². The van der Waals surface area contributed by atoms with Crippen LogP contribution < -0.4 is 10.1 Å².